The van der Waals surface area contributed by atoms with Crippen LogP contribution in [0.5, 0.6) is 5.75 Å². The Bertz CT molecular complexity index is 1110. The predicted octanol–water partition coefficient (Wildman–Crippen LogP) is 3.61. The van der Waals surface area contributed by atoms with Gasteiger partial charge in [-0.2, -0.15) is 0 Å². The van der Waals surface area contributed by atoms with Crippen LogP contribution in [0.1, 0.15) is 6.42 Å². The van der Waals surface area contributed by atoms with Crippen molar-refractivity contribution in [3.8, 4) is 5.75 Å². The molecule has 2 aromatic carbocycles. The summed E-state index contributed by atoms with van der Waals surface area (Å²) in [6, 6.07) is 11.9. The molecule has 1 aliphatic rings. The molecule has 30 heavy (non-hydrogen) atoms. The van der Waals surface area contributed by atoms with Crippen LogP contribution in [-0.2, 0) is 11.3 Å². The van der Waals surface area contributed by atoms with E-state index in [0.29, 0.717) is 11.6 Å². The molecule has 0 radical (unpaired) electrons. The smallest absolute Gasteiger partial charge is 0.270 e. The number of carbonyl (C=O) groups is 1. The van der Waals surface area contributed by atoms with E-state index in [4.69, 9.17) is 16.3 Å². The van der Waals surface area contributed by atoms with Crippen LogP contribution >= 0.6 is 11.6 Å². The lowest BCUT2D eigenvalue weighted by molar-refractivity contribution is -0.384. The Morgan fingerprint density at radius 1 is 1.30 bits per heavy atom. The first kappa shape index (κ1) is 20.0. The van der Waals surface area contributed by atoms with Crippen LogP contribution in [0.2, 0.25) is 5.02 Å². The van der Waals surface area contributed by atoms with E-state index in [1.54, 1.807) is 36.1 Å². The van der Waals surface area contributed by atoms with Crippen LogP contribution in [0.15, 0.2) is 48.7 Å². The number of nitro benzene ring substituents is 1. The fraction of sp³-hybridized carbons (Fsp3) is 0.286. The molecule has 9 heteroatoms. The Morgan fingerprint density at radius 3 is 2.90 bits per heavy atom. The Hall–Kier alpha value is -3.26. The highest BCUT2D eigenvalue weighted by Gasteiger charge is 2.26. The van der Waals surface area contributed by atoms with Crippen LogP contribution in [0, 0.1) is 10.1 Å². The zero-order chi connectivity index (χ0) is 21.3. The van der Waals surface area contributed by atoms with Crippen molar-refractivity contribution in [3.63, 3.8) is 0 Å². The number of hydrogen-bond acceptors (Lipinski definition) is 5. The van der Waals surface area contributed by atoms with Gasteiger partial charge in [0.2, 0.25) is 5.91 Å². The third-order valence-corrected chi connectivity index (χ3v) is 5.55. The molecule has 0 aliphatic carbocycles. The number of nitrogens with zero attached hydrogens (tertiary/aromatic N) is 3. The van der Waals surface area contributed by atoms with Crippen LogP contribution in [-0.4, -0.2) is 41.6 Å². The number of halogens is 1. The second-order valence-electron chi connectivity index (χ2n) is 7.26. The van der Waals surface area contributed by atoms with E-state index in [-0.39, 0.29) is 24.2 Å². The van der Waals surface area contributed by atoms with Gasteiger partial charge in [-0.05, 0) is 36.8 Å². The summed E-state index contributed by atoms with van der Waals surface area (Å²) in [5.74, 6) is 0.648. The molecule has 1 unspecified atom stereocenters. The maximum absolute atomic E-state index is 12.6. The minimum absolute atomic E-state index is 0.0177. The molecule has 8 nitrogen and oxygen atoms in total. The number of nitro groups is 1. The zero-order valence-electron chi connectivity index (χ0n) is 16.4. The molecule has 1 amide bonds. The van der Waals surface area contributed by atoms with Gasteiger partial charge in [-0.1, -0.05) is 11.6 Å². The average molecular weight is 429 g/mol. The Labute approximate surface area is 178 Å². The Kier molecular flexibility index (Phi) is 5.50. The van der Waals surface area contributed by atoms with Crippen molar-refractivity contribution < 1.29 is 14.5 Å². The summed E-state index contributed by atoms with van der Waals surface area (Å²) >= 11 is 6.14. The third kappa shape index (κ3) is 4.04. The number of amides is 1. The van der Waals surface area contributed by atoms with Crippen LogP contribution in [0.25, 0.3) is 10.9 Å². The Morgan fingerprint density at radius 2 is 2.13 bits per heavy atom. The lowest BCUT2D eigenvalue weighted by atomic mass is 10.2. The molecule has 1 atom stereocenters. The highest BCUT2D eigenvalue weighted by molar-refractivity contribution is 6.30. The lowest BCUT2D eigenvalue weighted by Crippen LogP contribution is -2.38. The predicted molar refractivity (Wildman–Crippen MR) is 115 cm³/mol. The highest BCUT2D eigenvalue weighted by atomic mass is 35.5. The number of benzene rings is 2. The number of methoxy groups -OCH3 is 1. The van der Waals surface area contributed by atoms with E-state index < -0.39 is 4.92 Å². The van der Waals surface area contributed by atoms with Gasteiger partial charge in [0.15, 0.2) is 0 Å². The molecule has 2 heterocycles. The fourth-order valence-electron chi connectivity index (χ4n) is 3.87. The molecule has 1 saturated heterocycles. The minimum Gasteiger partial charge on any atom is -0.495 e. The summed E-state index contributed by atoms with van der Waals surface area (Å²) < 4.78 is 7.22. The summed E-state index contributed by atoms with van der Waals surface area (Å²) in [4.78, 5) is 25.3. The van der Waals surface area contributed by atoms with E-state index in [2.05, 4.69) is 10.2 Å². The standard InChI is InChI=1S/C21H21ClN4O4/c1-30-20-5-2-15(22)11-19(20)24-9-7-16(12-24)23-21(27)13-25-8-6-14-10-17(26(28)29)3-4-18(14)25/h2-6,8,10-11,16H,7,9,12-13H2,1H3,(H,23,27). The van der Waals surface area contributed by atoms with Crippen molar-refractivity contribution in [1.82, 2.24) is 9.88 Å². The first-order valence-corrected chi connectivity index (χ1v) is 9.93. The van der Waals surface area contributed by atoms with Crippen LogP contribution in [0.4, 0.5) is 11.4 Å². The molecule has 1 N–H and O–H groups in total. The van der Waals surface area contributed by atoms with Crippen molar-refractivity contribution in [2.45, 2.75) is 19.0 Å². The number of non-ortho nitro benzene ring substituents is 1. The molecule has 156 valence electrons. The number of ether oxygens (including phenoxy) is 1. The highest BCUT2D eigenvalue weighted by Crippen LogP contribution is 2.33. The number of anilines is 1. The summed E-state index contributed by atoms with van der Waals surface area (Å²) in [5, 5.41) is 15.4. The molecule has 4 rings (SSSR count). The van der Waals surface area contributed by atoms with E-state index in [1.807, 2.05) is 12.1 Å². The molecule has 0 saturated carbocycles. The van der Waals surface area contributed by atoms with Gasteiger partial charge in [0.05, 0.1) is 17.7 Å². The summed E-state index contributed by atoms with van der Waals surface area (Å²) in [5.41, 5.74) is 1.74. The van der Waals surface area contributed by atoms with Crippen molar-refractivity contribution in [1.29, 1.82) is 0 Å². The van der Waals surface area contributed by atoms with Gasteiger partial charge in [0, 0.05) is 53.4 Å². The zero-order valence-corrected chi connectivity index (χ0v) is 17.1. The first-order valence-electron chi connectivity index (χ1n) is 9.56. The molecule has 0 spiro atoms. The van der Waals surface area contributed by atoms with Gasteiger partial charge in [0.25, 0.3) is 5.69 Å². The van der Waals surface area contributed by atoms with Crippen molar-refractivity contribution in [2.24, 2.45) is 0 Å². The summed E-state index contributed by atoms with van der Waals surface area (Å²) in [6.07, 6.45) is 2.59. The third-order valence-electron chi connectivity index (χ3n) is 5.31. The molecular weight excluding hydrogens is 408 g/mol. The molecule has 3 aromatic rings. The number of carbonyl (C=O) groups excluding carboxylic acids is 1. The summed E-state index contributed by atoms with van der Waals surface area (Å²) in [7, 11) is 1.62. The van der Waals surface area contributed by atoms with Gasteiger partial charge in [-0.3, -0.25) is 14.9 Å². The van der Waals surface area contributed by atoms with Gasteiger partial charge in [-0.25, -0.2) is 0 Å². The largest absolute Gasteiger partial charge is 0.495 e. The molecule has 1 aliphatic heterocycles. The monoisotopic (exact) mass is 428 g/mol. The Balaban J connectivity index is 1.40. The topological polar surface area (TPSA) is 89.6 Å². The maximum atomic E-state index is 12.6. The van der Waals surface area contributed by atoms with Crippen LogP contribution in [0.3, 0.4) is 0 Å². The average Bonchev–Trinajstić information content (AvgIpc) is 3.34. The first-order chi connectivity index (χ1) is 14.4. The van der Waals surface area contributed by atoms with Gasteiger partial charge < -0.3 is 19.5 Å². The van der Waals surface area contributed by atoms with E-state index in [1.165, 1.54) is 12.1 Å². The molecule has 1 fully saturated rings. The van der Waals surface area contributed by atoms with Gasteiger partial charge in [-0.15, -0.1) is 0 Å². The normalized spacial score (nSPS) is 16.1. The molecule has 1 aromatic heterocycles. The maximum Gasteiger partial charge on any atom is 0.270 e. The number of nitrogens with one attached hydrogen (secondary N) is 1. The lowest BCUT2D eigenvalue weighted by Gasteiger charge is -2.22. The second-order valence-corrected chi connectivity index (χ2v) is 7.70. The number of fused-ring (bicyclic) bond motifs is 1. The van der Waals surface area contributed by atoms with Crippen LogP contribution < -0.4 is 15.0 Å². The van der Waals surface area contributed by atoms with E-state index in [0.717, 1.165) is 35.3 Å². The fourth-order valence-corrected chi connectivity index (χ4v) is 4.04. The van der Waals surface area contributed by atoms with Crippen molar-refractivity contribution in [2.75, 3.05) is 25.1 Å². The number of hydrogen-bond donors (Lipinski definition) is 1. The van der Waals surface area contributed by atoms with E-state index >= 15 is 0 Å². The van der Waals surface area contributed by atoms with E-state index in [9.17, 15) is 14.9 Å². The minimum atomic E-state index is -0.426. The summed E-state index contributed by atoms with van der Waals surface area (Å²) in [6.45, 7) is 1.61. The number of aromatic nitrogens is 1. The molecular formula is C21H21ClN4O4. The number of rotatable bonds is 6. The molecule has 0 bridgehead atoms. The van der Waals surface area contributed by atoms with Crippen molar-refractivity contribution in [3.05, 3.63) is 63.8 Å². The van der Waals surface area contributed by atoms with Gasteiger partial charge in [0.1, 0.15) is 12.3 Å². The second kappa shape index (κ2) is 8.23. The SMILES string of the molecule is COc1ccc(Cl)cc1N1CCC(NC(=O)Cn2ccc3cc([N+](=O)[O-])ccc32)C1. The van der Waals surface area contributed by atoms with Gasteiger partial charge >= 0.3 is 0 Å². The quantitative estimate of drug-likeness (QED) is 0.478. The van der Waals surface area contributed by atoms with Crippen molar-refractivity contribution >= 4 is 39.8 Å².